The Kier molecular flexibility index (Phi) is 3.55. The SMILES string of the molecule is Cc1cc(-c2cccnc2)cc2cn(C(C)C(F)(F)F)c(O)c12. The van der Waals surface area contributed by atoms with Crippen LogP contribution in [0, 0.1) is 6.92 Å². The van der Waals surface area contributed by atoms with Crippen molar-refractivity contribution in [1.82, 2.24) is 9.55 Å². The molecule has 0 aliphatic heterocycles. The Balaban J connectivity index is 2.19. The molecule has 3 rings (SSSR count). The van der Waals surface area contributed by atoms with Gasteiger partial charge in [0.15, 0.2) is 5.88 Å². The standard InChI is InChI=1S/C17H15F3N2O/c1-10-6-13(12-4-3-5-21-8-12)7-14-9-22(16(23)15(10)14)11(2)17(18,19)20/h3-9,11,23H,1-2H3. The third kappa shape index (κ3) is 2.65. The van der Waals surface area contributed by atoms with Gasteiger partial charge in [-0.2, -0.15) is 13.2 Å². The zero-order valence-electron chi connectivity index (χ0n) is 12.6. The molecule has 3 aromatic rings. The van der Waals surface area contributed by atoms with Crippen molar-refractivity contribution in [3.05, 3.63) is 48.4 Å². The van der Waals surface area contributed by atoms with Gasteiger partial charge in [-0.25, -0.2) is 0 Å². The summed E-state index contributed by atoms with van der Waals surface area (Å²) in [7, 11) is 0. The second-order valence-corrected chi connectivity index (χ2v) is 5.58. The summed E-state index contributed by atoms with van der Waals surface area (Å²) in [5.41, 5.74) is 2.43. The lowest BCUT2D eigenvalue weighted by molar-refractivity contribution is -0.163. The van der Waals surface area contributed by atoms with Crippen LogP contribution in [0.3, 0.4) is 0 Å². The lowest BCUT2D eigenvalue weighted by Crippen LogP contribution is -2.22. The van der Waals surface area contributed by atoms with Gasteiger partial charge in [0.1, 0.15) is 6.04 Å². The monoisotopic (exact) mass is 320 g/mol. The van der Waals surface area contributed by atoms with Crippen molar-refractivity contribution in [2.45, 2.75) is 26.1 Å². The minimum absolute atomic E-state index is 0.361. The Morgan fingerprint density at radius 3 is 2.57 bits per heavy atom. The molecule has 1 unspecified atom stereocenters. The van der Waals surface area contributed by atoms with E-state index in [4.69, 9.17) is 0 Å². The molecular formula is C17H15F3N2O. The zero-order valence-corrected chi connectivity index (χ0v) is 12.6. The summed E-state index contributed by atoms with van der Waals surface area (Å²) < 4.78 is 39.7. The Bertz CT molecular complexity index is 854. The van der Waals surface area contributed by atoms with Gasteiger partial charge in [-0.15, -0.1) is 0 Å². The molecule has 120 valence electrons. The lowest BCUT2D eigenvalue weighted by Gasteiger charge is -2.18. The molecule has 0 bridgehead atoms. The number of hydrogen-bond acceptors (Lipinski definition) is 2. The molecule has 23 heavy (non-hydrogen) atoms. The van der Waals surface area contributed by atoms with Crippen molar-refractivity contribution in [3.63, 3.8) is 0 Å². The lowest BCUT2D eigenvalue weighted by atomic mass is 10.0. The number of fused-ring (bicyclic) bond motifs is 1. The topological polar surface area (TPSA) is 38.0 Å². The molecule has 0 aliphatic rings. The van der Waals surface area contributed by atoms with Crippen LogP contribution in [0.25, 0.3) is 21.9 Å². The number of aryl methyl sites for hydroxylation is 1. The van der Waals surface area contributed by atoms with Gasteiger partial charge in [0.25, 0.3) is 0 Å². The van der Waals surface area contributed by atoms with E-state index in [1.165, 1.54) is 6.20 Å². The summed E-state index contributed by atoms with van der Waals surface area (Å²) >= 11 is 0. The van der Waals surface area contributed by atoms with E-state index in [0.29, 0.717) is 16.3 Å². The molecule has 0 saturated heterocycles. The van der Waals surface area contributed by atoms with Crippen molar-refractivity contribution in [2.24, 2.45) is 0 Å². The Morgan fingerprint density at radius 1 is 1.22 bits per heavy atom. The Labute approximate surface area is 131 Å². The van der Waals surface area contributed by atoms with Crippen LogP contribution in [-0.2, 0) is 0 Å². The predicted molar refractivity (Wildman–Crippen MR) is 82.3 cm³/mol. The fourth-order valence-electron chi connectivity index (χ4n) is 2.71. The minimum Gasteiger partial charge on any atom is -0.494 e. The molecule has 1 atom stereocenters. The van der Waals surface area contributed by atoms with E-state index in [0.717, 1.165) is 22.6 Å². The van der Waals surface area contributed by atoms with Gasteiger partial charge in [0, 0.05) is 34.9 Å². The first-order valence-electron chi connectivity index (χ1n) is 7.10. The number of benzene rings is 1. The second kappa shape index (κ2) is 5.30. The number of hydrogen-bond donors (Lipinski definition) is 1. The number of alkyl halides is 3. The van der Waals surface area contributed by atoms with Crippen LogP contribution in [0.5, 0.6) is 5.88 Å². The summed E-state index contributed by atoms with van der Waals surface area (Å²) in [5.74, 6) is -0.361. The molecule has 0 fully saturated rings. The van der Waals surface area contributed by atoms with Crippen molar-refractivity contribution in [2.75, 3.05) is 0 Å². The molecule has 1 aromatic carbocycles. The maximum atomic E-state index is 12.9. The van der Waals surface area contributed by atoms with E-state index in [-0.39, 0.29) is 5.88 Å². The fraction of sp³-hybridized carbons (Fsp3) is 0.235. The zero-order chi connectivity index (χ0) is 16.8. The molecule has 1 N–H and O–H groups in total. The first-order chi connectivity index (χ1) is 10.8. The number of aromatic hydroxyl groups is 1. The van der Waals surface area contributed by atoms with Crippen LogP contribution in [0.15, 0.2) is 42.9 Å². The van der Waals surface area contributed by atoms with Crippen LogP contribution >= 0.6 is 0 Å². The van der Waals surface area contributed by atoms with Crippen molar-refractivity contribution in [3.8, 4) is 17.0 Å². The third-order valence-electron chi connectivity index (χ3n) is 4.00. The highest BCUT2D eigenvalue weighted by Crippen LogP contribution is 2.39. The van der Waals surface area contributed by atoms with E-state index in [1.54, 1.807) is 31.5 Å². The highest BCUT2D eigenvalue weighted by Gasteiger charge is 2.38. The molecule has 0 aliphatic carbocycles. The Hall–Kier alpha value is -2.50. The summed E-state index contributed by atoms with van der Waals surface area (Å²) in [5, 5.41) is 11.2. The average Bonchev–Trinajstić information content (AvgIpc) is 2.83. The number of rotatable bonds is 2. The summed E-state index contributed by atoms with van der Waals surface area (Å²) in [6, 6.07) is 5.47. The smallest absolute Gasteiger partial charge is 0.408 e. The first kappa shape index (κ1) is 15.4. The molecule has 0 spiro atoms. The van der Waals surface area contributed by atoms with Gasteiger partial charge in [-0.1, -0.05) is 12.1 Å². The van der Waals surface area contributed by atoms with Gasteiger partial charge < -0.3 is 9.67 Å². The van der Waals surface area contributed by atoms with Gasteiger partial charge in [-0.05, 0) is 37.1 Å². The molecule has 2 heterocycles. The van der Waals surface area contributed by atoms with Gasteiger partial charge in [-0.3, -0.25) is 4.98 Å². The molecule has 3 nitrogen and oxygen atoms in total. The van der Waals surface area contributed by atoms with E-state index in [2.05, 4.69) is 4.98 Å². The number of halogens is 3. The van der Waals surface area contributed by atoms with Crippen molar-refractivity contribution < 1.29 is 18.3 Å². The summed E-state index contributed by atoms with van der Waals surface area (Å²) in [6.45, 7) is 2.79. The molecule has 0 saturated carbocycles. The molecule has 0 radical (unpaired) electrons. The number of nitrogens with zero attached hydrogens (tertiary/aromatic N) is 2. The number of pyridine rings is 1. The maximum absolute atomic E-state index is 12.9. The van der Waals surface area contributed by atoms with Gasteiger partial charge >= 0.3 is 6.18 Å². The fourth-order valence-corrected chi connectivity index (χ4v) is 2.71. The highest BCUT2D eigenvalue weighted by molar-refractivity contribution is 5.94. The van der Waals surface area contributed by atoms with E-state index < -0.39 is 12.2 Å². The van der Waals surface area contributed by atoms with Crippen LogP contribution in [0.4, 0.5) is 13.2 Å². The number of aromatic nitrogens is 2. The van der Waals surface area contributed by atoms with Crippen molar-refractivity contribution >= 4 is 10.8 Å². The molecular weight excluding hydrogens is 305 g/mol. The van der Waals surface area contributed by atoms with E-state index in [1.807, 2.05) is 12.1 Å². The van der Waals surface area contributed by atoms with Crippen LogP contribution in [0.2, 0.25) is 0 Å². The largest absolute Gasteiger partial charge is 0.494 e. The van der Waals surface area contributed by atoms with E-state index >= 15 is 0 Å². The molecule has 2 aromatic heterocycles. The summed E-state index contributed by atoms with van der Waals surface area (Å²) in [6.07, 6.45) is 0.264. The maximum Gasteiger partial charge on any atom is 0.408 e. The quantitative estimate of drug-likeness (QED) is 0.733. The Morgan fingerprint density at radius 2 is 1.96 bits per heavy atom. The van der Waals surface area contributed by atoms with Crippen molar-refractivity contribution in [1.29, 1.82) is 0 Å². The first-order valence-corrected chi connectivity index (χ1v) is 7.10. The summed E-state index contributed by atoms with van der Waals surface area (Å²) in [4.78, 5) is 4.05. The van der Waals surface area contributed by atoms with Crippen LogP contribution in [0.1, 0.15) is 18.5 Å². The molecule has 0 amide bonds. The average molecular weight is 320 g/mol. The van der Waals surface area contributed by atoms with Crippen LogP contribution in [-0.4, -0.2) is 20.8 Å². The predicted octanol–water partition coefficient (Wildman–Crippen LogP) is 4.84. The minimum atomic E-state index is -4.42. The normalized spacial score (nSPS) is 13.4. The third-order valence-corrected chi connectivity index (χ3v) is 4.00. The van der Waals surface area contributed by atoms with Gasteiger partial charge in [0.05, 0.1) is 0 Å². The van der Waals surface area contributed by atoms with Gasteiger partial charge in [0.2, 0.25) is 0 Å². The highest BCUT2D eigenvalue weighted by atomic mass is 19.4. The second-order valence-electron chi connectivity index (χ2n) is 5.58. The molecule has 6 heteroatoms. The van der Waals surface area contributed by atoms with E-state index in [9.17, 15) is 18.3 Å². The van der Waals surface area contributed by atoms with Crippen LogP contribution < -0.4 is 0 Å².